The number of hydrogen-bond donors (Lipinski definition) is 0. The fourth-order valence-corrected chi connectivity index (χ4v) is 2.76. The van der Waals surface area contributed by atoms with Crippen LogP contribution in [-0.4, -0.2) is 38.5 Å². The Morgan fingerprint density at radius 3 is 1.50 bits per heavy atom. The van der Waals surface area contributed by atoms with E-state index in [1.165, 1.54) is 21.9 Å². The van der Waals surface area contributed by atoms with Crippen LogP contribution in [0.3, 0.4) is 0 Å². The van der Waals surface area contributed by atoms with E-state index < -0.39 is 0 Å². The van der Waals surface area contributed by atoms with Crippen LogP contribution in [0.2, 0.25) is 9.10 Å². The molecule has 8 heavy (non-hydrogen) atoms. The molecule has 0 heterocycles. The zero-order chi connectivity index (χ0) is 6.24. The largest absolute Gasteiger partial charge is 0.501 e. The highest BCUT2D eigenvalue weighted by Crippen LogP contribution is 2.00. The SMILES string of the molecule is [Cl][Mg][CH2]CC[CH2][Mg][Cl]. The minimum Gasteiger partial charge on any atom is -0.346 e. The van der Waals surface area contributed by atoms with Crippen molar-refractivity contribution in [2.45, 2.75) is 21.9 Å². The van der Waals surface area contributed by atoms with E-state index in [1.807, 2.05) is 0 Å². The van der Waals surface area contributed by atoms with Crippen molar-refractivity contribution in [2.75, 3.05) is 0 Å². The van der Waals surface area contributed by atoms with Gasteiger partial charge in [-0.25, -0.2) is 0 Å². The van der Waals surface area contributed by atoms with Gasteiger partial charge in [0.25, 0.3) is 0 Å². The Kier molecular flexibility index (Phi) is 11.5. The molecule has 0 aliphatic carbocycles. The first-order valence-corrected chi connectivity index (χ1v) is 9.31. The van der Waals surface area contributed by atoms with Crippen LogP contribution in [0.1, 0.15) is 12.8 Å². The number of unbranched alkanes of at least 4 members (excludes halogenated alkanes) is 1. The lowest BCUT2D eigenvalue weighted by Crippen LogP contribution is -1.81. The van der Waals surface area contributed by atoms with Crippen LogP contribution in [-0.2, 0) is 0 Å². The van der Waals surface area contributed by atoms with Gasteiger partial charge in [0.05, 0.1) is 0 Å². The molecule has 0 bridgehead atoms. The van der Waals surface area contributed by atoms with Crippen LogP contribution in [0.5, 0.6) is 0 Å². The Morgan fingerprint density at radius 2 is 1.25 bits per heavy atom. The summed E-state index contributed by atoms with van der Waals surface area (Å²) in [5, 5.41) is 0. The molecule has 0 rings (SSSR count). The Hall–Kier alpha value is 2.11. The van der Waals surface area contributed by atoms with Crippen LogP contribution >= 0.6 is 18.1 Å². The summed E-state index contributed by atoms with van der Waals surface area (Å²) in [6.45, 7) is 0. The van der Waals surface area contributed by atoms with Gasteiger partial charge < -0.3 is 18.1 Å². The molecular weight excluding hydrogens is 168 g/mol. The molecule has 0 saturated heterocycles. The summed E-state index contributed by atoms with van der Waals surface area (Å²) < 4.78 is 2.60. The maximum Gasteiger partial charge on any atom is 0.501 e. The Balaban J connectivity index is 2.53. The molecule has 0 amide bonds. The van der Waals surface area contributed by atoms with Crippen molar-refractivity contribution in [3.8, 4) is 0 Å². The van der Waals surface area contributed by atoms with Crippen LogP contribution in [0.25, 0.3) is 0 Å². The van der Waals surface area contributed by atoms with E-state index in [4.69, 9.17) is 18.1 Å². The monoisotopic (exact) mass is 174 g/mol. The maximum absolute atomic E-state index is 5.60. The fourth-order valence-electron chi connectivity index (χ4n) is 0.543. The molecule has 0 saturated carbocycles. The summed E-state index contributed by atoms with van der Waals surface area (Å²) in [5.41, 5.74) is 0. The Morgan fingerprint density at radius 1 is 0.875 bits per heavy atom. The van der Waals surface area contributed by atoms with Crippen LogP contribution < -0.4 is 0 Å². The quantitative estimate of drug-likeness (QED) is 0.445. The van der Waals surface area contributed by atoms with Crippen molar-refractivity contribution >= 4 is 56.7 Å². The molecule has 4 heteroatoms. The molecule has 0 N–H and O–H groups in total. The molecule has 0 aliphatic rings. The van der Waals surface area contributed by atoms with Crippen molar-refractivity contribution in [3.63, 3.8) is 0 Å². The van der Waals surface area contributed by atoms with Gasteiger partial charge in [0.15, 0.2) is 0 Å². The molecule has 0 aromatic carbocycles. The second-order valence-corrected chi connectivity index (χ2v) is 6.23. The Bertz CT molecular complexity index is 37.0. The van der Waals surface area contributed by atoms with Gasteiger partial charge >= 0.3 is 38.5 Å². The number of rotatable bonds is 5. The van der Waals surface area contributed by atoms with Crippen molar-refractivity contribution in [1.82, 2.24) is 0 Å². The highest BCUT2D eigenvalue weighted by molar-refractivity contribution is 6.94. The predicted octanol–water partition coefficient (Wildman–Crippen LogP) is 2.32. The zero-order valence-electron chi connectivity index (χ0n) is 5.00. The average molecular weight is 176 g/mol. The first-order chi connectivity index (χ1) is 3.91. The summed E-state index contributed by atoms with van der Waals surface area (Å²) in [6, 6.07) is 0. The van der Waals surface area contributed by atoms with E-state index in [9.17, 15) is 0 Å². The summed E-state index contributed by atoms with van der Waals surface area (Å²) in [6.07, 6.45) is 2.66. The highest BCUT2D eigenvalue weighted by atomic mass is 35.5. The summed E-state index contributed by atoms with van der Waals surface area (Å²) >= 11 is -0.339. The maximum atomic E-state index is 5.60. The van der Waals surface area contributed by atoms with Gasteiger partial charge in [-0.1, -0.05) is 12.8 Å². The fraction of sp³-hybridized carbons (Fsp3) is 1.00. The molecule has 0 nitrogen and oxygen atoms in total. The minimum absolute atomic E-state index is 0.169. The third kappa shape index (κ3) is 8.11. The number of hydrogen-bond acceptors (Lipinski definition) is 0. The molecule has 0 atom stereocenters. The lowest BCUT2D eigenvalue weighted by molar-refractivity contribution is 0.879. The predicted molar refractivity (Wildman–Crippen MR) is 42.1 cm³/mol. The highest BCUT2D eigenvalue weighted by Gasteiger charge is 1.92. The summed E-state index contributed by atoms with van der Waals surface area (Å²) in [5.74, 6) is 0. The van der Waals surface area contributed by atoms with Crippen LogP contribution in [0.4, 0.5) is 0 Å². The molecule has 0 unspecified atom stereocenters. The van der Waals surface area contributed by atoms with Crippen molar-refractivity contribution in [1.29, 1.82) is 0 Å². The average Bonchev–Trinajstić information content (AvgIpc) is 1.81. The molecule has 0 radical (unpaired) electrons. The standard InChI is InChI=1S/C4H8.2ClH.2Mg/c1-3-4-2;;;;/h1-4H2;2*1H;;/q;;;2*+1/p-2. The van der Waals surface area contributed by atoms with Gasteiger partial charge in [0.1, 0.15) is 0 Å². The van der Waals surface area contributed by atoms with E-state index in [2.05, 4.69) is 0 Å². The third-order valence-electron chi connectivity index (χ3n) is 1.02. The third-order valence-corrected chi connectivity index (χ3v) is 4.16. The van der Waals surface area contributed by atoms with Gasteiger partial charge in [-0.3, -0.25) is 0 Å². The lowest BCUT2D eigenvalue weighted by atomic mass is 10.4. The molecule has 0 aromatic rings. The first-order valence-electron chi connectivity index (χ1n) is 3.03. The van der Waals surface area contributed by atoms with Gasteiger partial charge in [0, 0.05) is 0 Å². The second-order valence-electron chi connectivity index (χ2n) is 1.79. The van der Waals surface area contributed by atoms with Gasteiger partial charge in [-0.05, 0) is 0 Å². The molecular formula is C4H8Cl2Mg2. The second kappa shape index (κ2) is 9.11. The van der Waals surface area contributed by atoms with Gasteiger partial charge in [0.2, 0.25) is 0 Å². The normalized spacial score (nSPS) is 7.75. The molecule has 0 spiro atoms. The molecule has 0 aliphatic heterocycles. The zero-order valence-corrected chi connectivity index (χ0v) is 9.34. The minimum atomic E-state index is -0.169. The van der Waals surface area contributed by atoms with Crippen molar-refractivity contribution in [3.05, 3.63) is 0 Å². The smallest absolute Gasteiger partial charge is 0.346 e. The van der Waals surface area contributed by atoms with E-state index in [0.717, 1.165) is 0 Å². The van der Waals surface area contributed by atoms with Crippen LogP contribution in [0, 0.1) is 0 Å². The van der Waals surface area contributed by atoms with E-state index in [-0.39, 0.29) is 38.5 Å². The van der Waals surface area contributed by atoms with Gasteiger partial charge in [-0.15, -0.1) is 9.10 Å². The first kappa shape index (κ1) is 10.1. The molecule has 42 valence electrons. The van der Waals surface area contributed by atoms with Crippen molar-refractivity contribution < 1.29 is 0 Å². The molecule has 0 aromatic heterocycles. The lowest BCUT2D eigenvalue weighted by Gasteiger charge is -1.90. The van der Waals surface area contributed by atoms with E-state index in [0.29, 0.717) is 0 Å². The summed E-state index contributed by atoms with van der Waals surface area (Å²) in [7, 11) is 11.2. The summed E-state index contributed by atoms with van der Waals surface area (Å²) in [4.78, 5) is 0. The molecule has 0 fully saturated rings. The topological polar surface area (TPSA) is 0 Å². The Labute approximate surface area is 77.7 Å². The van der Waals surface area contributed by atoms with Gasteiger partial charge in [-0.2, -0.15) is 0 Å². The van der Waals surface area contributed by atoms with E-state index >= 15 is 0 Å². The van der Waals surface area contributed by atoms with E-state index in [1.54, 1.807) is 0 Å². The van der Waals surface area contributed by atoms with Crippen LogP contribution in [0.15, 0.2) is 0 Å². The van der Waals surface area contributed by atoms with Crippen molar-refractivity contribution in [2.24, 2.45) is 0 Å². The number of halogens is 2.